The van der Waals surface area contributed by atoms with E-state index in [2.05, 4.69) is 10.6 Å². The van der Waals surface area contributed by atoms with Crippen molar-refractivity contribution in [1.29, 1.82) is 0 Å². The molecule has 0 fully saturated rings. The summed E-state index contributed by atoms with van der Waals surface area (Å²) < 4.78 is 5.75. The molecule has 0 unspecified atom stereocenters. The number of carbonyl (C=O) groups is 2. The first-order valence-electron chi connectivity index (χ1n) is 8.22. The molecule has 0 aliphatic rings. The van der Waals surface area contributed by atoms with Gasteiger partial charge in [0, 0.05) is 11.9 Å². The van der Waals surface area contributed by atoms with Crippen LogP contribution in [0.4, 0.5) is 0 Å². The number of fused-ring (bicyclic) bond motifs is 1. The molecule has 0 radical (unpaired) electrons. The van der Waals surface area contributed by atoms with Crippen LogP contribution in [0.25, 0.3) is 11.0 Å². The van der Waals surface area contributed by atoms with Gasteiger partial charge >= 0.3 is 0 Å². The number of benzene rings is 1. The number of hydrogen-bond donors (Lipinski definition) is 2. The van der Waals surface area contributed by atoms with Gasteiger partial charge < -0.3 is 15.1 Å². The van der Waals surface area contributed by atoms with Gasteiger partial charge in [0.15, 0.2) is 0 Å². The van der Waals surface area contributed by atoms with Crippen LogP contribution >= 0.6 is 0 Å². The number of likely N-dealkylation sites (N-methyl/N-ethyl adjacent to an activating group) is 1. The molecule has 1 atom stereocenters. The smallest absolute Gasteiger partial charge is 0.234 e. The number of nitrogens with zero attached hydrogens (tertiary/aromatic N) is 1. The van der Waals surface area contributed by atoms with Crippen LogP contribution in [-0.4, -0.2) is 43.4 Å². The number of rotatable bonds is 8. The average molecular weight is 331 g/mol. The second-order valence-electron chi connectivity index (χ2n) is 6.00. The fourth-order valence-electron chi connectivity index (χ4n) is 2.44. The summed E-state index contributed by atoms with van der Waals surface area (Å²) in [5.74, 6) is 0.499. The maximum Gasteiger partial charge on any atom is 0.234 e. The molecule has 0 saturated carbocycles. The minimum atomic E-state index is -0.229. The Bertz CT molecular complexity index is 663. The highest BCUT2D eigenvalue weighted by Gasteiger charge is 2.16. The normalized spacial score (nSPS) is 12.3. The summed E-state index contributed by atoms with van der Waals surface area (Å²) >= 11 is 0. The highest BCUT2D eigenvalue weighted by molar-refractivity contribution is 5.82. The van der Waals surface area contributed by atoms with E-state index in [1.807, 2.05) is 44.2 Å². The summed E-state index contributed by atoms with van der Waals surface area (Å²) in [6.45, 7) is 4.89. The van der Waals surface area contributed by atoms with E-state index in [4.69, 9.17) is 4.42 Å². The third-order valence-electron chi connectivity index (χ3n) is 3.65. The minimum Gasteiger partial charge on any atom is -0.459 e. The molecule has 2 rings (SSSR count). The third kappa shape index (κ3) is 5.09. The van der Waals surface area contributed by atoms with E-state index in [1.54, 1.807) is 11.9 Å². The van der Waals surface area contributed by atoms with Crippen LogP contribution in [0.5, 0.6) is 0 Å². The van der Waals surface area contributed by atoms with Crippen molar-refractivity contribution in [1.82, 2.24) is 15.5 Å². The molecule has 1 heterocycles. The lowest BCUT2D eigenvalue weighted by atomic mass is 10.2. The molecule has 0 saturated heterocycles. The van der Waals surface area contributed by atoms with E-state index in [1.165, 1.54) is 0 Å². The molecule has 6 heteroatoms. The Hall–Kier alpha value is -2.34. The fourth-order valence-corrected chi connectivity index (χ4v) is 2.44. The molecule has 0 aliphatic carbocycles. The molecular formula is C18H25N3O3. The molecule has 0 aliphatic heterocycles. The number of amides is 2. The van der Waals surface area contributed by atoms with E-state index in [-0.39, 0.29) is 30.9 Å². The van der Waals surface area contributed by atoms with Gasteiger partial charge in [0.05, 0.1) is 19.1 Å². The molecule has 1 aromatic carbocycles. The summed E-state index contributed by atoms with van der Waals surface area (Å²) in [6, 6.07) is 9.44. The van der Waals surface area contributed by atoms with Crippen molar-refractivity contribution < 1.29 is 14.0 Å². The Balaban J connectivity index is 1.83. The van der Waals surface area contributed by atoms with Crippen LogP contribution in [0, 0.1) is 0 Å². The predicted molar refractivity (Wildman–Crippen MR) is 93.6 cm³/mol. The molecule has 2 amide bonds. The van der Waals surface area contributed by atoms with Crippen LogP contribution in [0.1, 0.15) is 32.1 Å². The summed E-state index contributed by atoms with van der Waals surface area (Å²) in [6.07, 6.45) is 0.894. The first kappa shape index (κ1) is 18.0. The number of furan rings is 1. The summed E-state index contributed by atoms with van der Waals surface area (Å²) in [7, 11) is 1.75. The lowest BCUT2D eigenvalue weighted by molar-refractivity contribution is -0.125. The van der Waals surface area contributed by atoms with Crippen molar-refractivity contribution in [2.45, 2.75) is 26.3 Å². The number of carbonyl (C=O) groups excluding carboxylic acids is 2. The standard InChI is InChI=1S/C18H25N3O3/c1-4-9-19-17(22)11-21(3)12-18(23)20-13(2)16-10-14-7-5-6-8-15(14)24-16/h5-8,10,13H,4,9,11-12H2,1-3H3,(H,19,22)(H,20,23)/t13-/m1/s1. The largest absolute Gasteiger partial charge is 0.459 e. The molecule has 6 nitrogen and oxygen atoms in total. The minimum absolute atomic E-state index is 0.0718. The Morgan fingerprint density at radius 2 is 1.92 bits per heavy atom. The fraction of sp³-hybridized carbons (Fsp3) is 0.444. The van der Waals surface area contributed by atoms with Crippen molar-refractivity contribution in [2.24, 2.45) is 0 Å². The van der Waals surface area contributed by atoms with Gasteiger partial charge in [-0.05, 0) is 32.5 Å². The highest BCUT2D eigenvalue weighted by atomic mass is 16.3. The van der Waals surface area contributed by atoms with Crippen LogP contribution in [0.2, 0.25) is 0 Å². The van der Waals surface area contributed by atoms with Crippen molar-refractivity contribution in [2.75, 3.05) is 26.7 Å². The summed E-state index contributed by atoms with van der Waals surface area (Å²) in [5, 5.41) is 6.70. The molecule has 0 spiro atoms. The Labute approximate surface area is 142 Å². The van der Waals surface area contributed by atoms with Gasteiger partial charge in [0.2, 0.25) is 11.8 Å². The zero-order valence-corrected chi connectivity index (χ0v) is 14.5. The first-order chi connectivity index (χ1) is 11.5. The number of para-hydroxylation sites is 1. The molecular weight excluding hydrogens is 306 g/mol. The van der Waals surface area contributed by atoms with Gasteiger partial charge in [0.25, 0.3) is 0 Å². The SMILES string of the molecule is CCCNC(=O)CN(C)CC(=O)N[C@H](C)c1cc2ccccc2o1. The van der Waals surface area contributed by atoms with E-state index < -0.39 is 0 Å². The number of nitrogens with one attached hydrogen (secondary N) is 2. The van der Waals surface area contributed by atoms with E-state index in [0.717, 1.165) is 17.4 Å². The van der Waals surface area contributed by atoms with Crippen LogP contribution in [0.3, 0.4) is 0 Å². The van der Waals surface area contributed by atoms with Crippen LogP contribution < -0.4 is 10.6 Å². The van der Waals surface area contributed by atoms with Gasteiger partial charge in [-0.15, -0.1) is 0 Å². The first-order valence-corrected chi connectivity index (χ1v) is 8.22. The second-order valence-corrected chi connectivity index (χ2v) is 6.00. The topological polar surface area (TPSA) is 74.6 Å². The van der Waals surface area contributed by atoms with Crippen molar-refractivity contribution in [3.63, 3.8) is 0 Å². The van der Waals surface area contributed by atoms with Gasteiger partial charge in [0.1, 0.15) is 11.3 Å². The summed E-state index contributed by atoms with van der Waals surface area (Å²) in [5.41, 5.74) is 0.804. The molecule has 0 bridgehead atoms. The molecule has 2 N–H and O–H groups in total. The predicted octanol–water partition coefficient (Wildman–Crippen LogP) is 2.07. The zero-order valence-electron chi connectivity index (χ0n) is 14.5. The highest BCUT2D eigenvalue weighted by Crippen LogP contribution is 2.23. The molecule has 1 aromatic heterocycles. The second kappa shape index (κ2) is 8.49. The molecule has 24 heavy (non-hydrogen) atoms. The van der Waals surface area contributed by atoms with E-state index >= 15 is 0 Å². The maximum absolute atomic E-state index is 12.1. The number of hydrogen-bond acceptors (Lipinski definition) is 4. The van der Waals surface area contributed by atoms with Crippen LogP contribution in [-0.2, 0) is 9.59 Å². The summed E-state index contributed by atoms with van der Waals surface area (Å²) in [4.78, 5) is 25.4. The van der Waals surface area contributed by atoms with Crippen molar-refractivity contribution >= 4 is 22.8 Å². The van der Waals surface area contributed by atoms with E-state index in [0.29, 0.717) is 12.3 Å². The Morgan fingerprint density at radius 3 is 2.62 bits per heavy atom. The van der Waals surface area contributed by atoms with Gasteiger partial charge in [-0.3, -0.25) is 14.5 Å². The average Bonchev–Trinajstić information content (AvgIpc) is 2.96. The van der Waals surface area contributed by atoms with Gasteiger partial charge in [-0.1, -0.05) is 25.1 Å². The quantitative estimate of drug-likeness (QED) is 0.776. The van der Waals surface area contributed by atoms with Gasteiger partial charge in [-0.25, -0.2) is 0 Å². The van der Waals surface area contributed by atoms with Crippen molar-refractivity contribution in [3.05, 3.63) is 36.1 Å². The zero-order chi connectivity index (χ0) is 17.5. The Kier molecular flexibility index (Phi) is 6.37. The Morgan fingerprint density at radius 1 is 1.21 bits per heavy atom. The van der Waals surface area contributed by atoms with Gasteiger partial charge in [-0.2, -0.15) is 0 Å². The lowest BCUT2D eigenvalue weighted by Gasteiger charge is -2.17. The molecule has 130 valence electrons. The third-order valence-corrected chi connectivity index (χ3v) is 3.65. The monoisotopic (exact) mass is 331 g/mol. The molecule has 2 aromatic rings. The van der Waals surface area contributed by atoms with Crippen LogP contribution in [0.15, 0.2) is 34.7 Å². The lowest BCUT2D eigenvalue weighted by Crippen LogP contribution is -2.41. The maximum atomic E-state index is 12.1. The van der Waals surface area contributed by atoms with E-state index in [9.17, 15) is 9.59 Å². The van der Waals surface area contributed by atoms with Crippen molar-refractivity contribution in [3.8, 4) is 0 Å².